The van der Waals surface area contributed by atoms with E-state index >= 15 is 0 Å². The predicted octanol–water partition coefficient (Wildman–Crippen LogP) is -0.298. The van der Waals surface area contributed by atoms with Gasteiger partial charge in [0.05, 0.1) is 17.6 Å². The molecule has 90 valence electrons. The third kappa shape index (κ3) is 3.95. The highest BCUT2D eigenvalue weighted by molar-refractivity contribution is 7.92. The maximum absolute atomic E-state index is 10.9. The molecule has 9 heteroatoms. The molecule has 1 aromatic rings. The van der Waals surface area contributed by atoms with E-state index in [0.29, 0.717) is 0 Å². The number of hydrogen-bond donors (Lipinski definition) is 4. The fourth-order valence-electron chi connectivity index (χ4n) is 0.992. The van der Waals surface area contributed by atoms with Crippen LogP contribution in [0.4, 0.5) is 11.4 Å². The molecule has 0 heterocycles. The second-order valence-corrected chi connectivity index (χ2v) is 5.46. The molecule has 0 aromatic heterocycles. The van der Waals surface area contributed by atoms with Crippen molar-refractivity contribution in [1.29, 1.82) is 0 Å². The minimum absolute atomic E-state index is 0.0932. The molecular formula is C7H10N2O5S2. The summed E-state index contributed by atoms with van der Waals surface area (Å²) in [5.74, 6) is -0.294. The van der Waals surface area contributed by atoms with E-state index in [-0.39, 0.29) is 17.1 Å². The van der Waals surface area contributed by atoms with Gasteiger partial charge in [0.1, 0.15) is 5.75 Å². The molecule has 3 N–H and O–H groups in total. The van der Waals surface area contributed by atoms with Crippen molar-refractivity contribution in [2.24, 2.45) is 0 Å². The van der Waals surface area contributed by atoms with Crippen LogP contribution in [0.5, 0.6) is 5.75 Å². The Morgan fingerprint density at radius 3 is 2.44 bits per heavy atom. The van der Waals surface area contributed by atoms with Crippen LogP contribution in [0.1, 0.15) is 0 Å². The number of benzene rings is 1. The molecule has 1 aromatic carbocycles. The standard InChI is InChI=1S/C7H10N2O5S2/c1-16(13,14)9-6-4-5(8-15(11)12)2-3-7(6)10/h2-4,9-10,15H,1H3,(H,8,11,12). The van der Waals surface area contributed by atoms with Gasteiger partial charge in [-0.15, -0.1) is 0 Å². The third-order valence-electron chi connectivity index (χ3n) is 1.51. The molecule has 7 nitrogen and oxygen atoms in total. The molecule has 16 heavy (non-hydrogen) atoms. The van der Waals surface area contributed by atoms with Gasteiger partial charge in [-0.1, -0.05) is 0 Å². The SMILES string of the molecule is CS(=O)(=O)Nc1cc(N[SH](=O)=O)ccc1O. The molecule has 0 aliphatic carbocycles. The van der Waals surface area contributed by atoms with Gasteiger partial charge in [-0.05, 0) is 18.2 Å². The summed E-state index contributed by atoms with van der Waals surface area (Å²) in [5.41, 5.74) is 0.0596. The van der Waals surface area contributed by atoms with E-state index < -0.39 is 20.9 Å². The third-order valence-corrected chi connectivity index (χ3v) is 2.54. The summed E-state index contributed by atoms with van der Waals surface area (Å²) in [6, 6.07) is 3.64. The summed E-state index contributed by atoms with van der Waals surface area (Å²) in [6.45, 7) is 0. The summed E-state index contributed by atoms with van der Waals surface area (Å²) in [4.78, 5) is 0. The van der Waals surface area contributed by atoms with Crippen molar-refractivity contribution in [1.82, 2.24) is 0 Å². The molecule has 0 unspecified atom stereocenters. The molecule has 0 fully saturated rings. The van der Waals surface area contributed by atoms with Gasteiger partial charge in [0.2, 0.25) is 20.9 Å². The Labute approximate surface area is 94.2 Å². The van der Waals surface area contributed by atoms with Crippen LogP contribution >= 0.6 is 0 Å². The molecule has 0 atom stereocenters. The molecule has 0 aliphatic rings. The van der Waals surface area contributed by atoms with Crippen molar-refractivity contribution in [2.45, 2.75) is 0 Å². The van der Waals surface area contributed by atoms with Crippen molar-refractivity contribution in [2.75, 3.05) is 15.7 Å². The number of thiol groups is 1. The van der Waals surface area contributed by atoms with Crippen molar-refractivity contribution in [3.8, 4) is 5.75 Å². The van der Waals surface area contributed by atoms with Gasteiger partial charge in [-0.2, -0.15) is 0 Å². The first-order chi connectivity index (χ1) is 7.28. The lowest BCUT2D eigenvalue weighted by atomic mass is 10.3. The Hall–Kier alpha value is -1.48. The van der Waals surface area contributed by atoms with Gasteiger partial charge in [-0.3, -0.25) is 9.44 Å². The highest BCUT2D eigenvalue weighted by Gasteiger charge is 2.07. The number of rotatable bonds is 4. The molecule has 0 spiro atoms. The van der Waals surface area contributed by atoms with Gasteiger partial charge in [0.15, 0.2) is 0 Å². The molecule has 0 radical (unpaired) electrons. The number of aromatic hydroxyl groups is 1. The number of anilines is 2. The van der Waals surface area contributed by atoms with Gasteiger partial charge in [0.25, 0.3) is 0 Å². The van der Waals surface area contributed by atoms with Gasteiger partial charge < -0.3 is 5.11 Å². The van der Waals surface area contributed by atoms with Gasteiger partial charge in [-0.25, -0.2) is 16.8 Å². The Bertz CT molecular complexity index is 556. The number of sulfonamides is 1. The van der Waals surface area contributed by atoms with Crippen LogP contribution in [0.3, 0.4) is 0 Å². The van der Waals surface area contributed by atoms with E-state index in [1.54, 1.807) is 0 Å². The smallest absolute Gasteiger partial charge is 0.229 e. The molecule has 0 saturated heterocycles. The van der Waals surface area contributed by atoms with Crippen LogP contribution in [0.25, 0.3) is 0 Å². The summed E-state index contributed by atoms with van der Waals surface area (Å²) in [5, 5.41) is 9.33. The van der Waals surface area contributed by atoms with Crippen LogP contribution in [0.15, 0.2) is 18.2 Å². The van der Waals surface area contributed by atoms with Crippen LogP contribution in [-0.4, -0.2) is 28.2 Å². The zero-order valence-electron chi connectivity index (χ0n) is 8.17. The van der Waals surface area contributed by atoms with Gasteiger partial charge in [0, 0.05) is 0 Å². The Morgan fingerprint density at radius 2 is 1.94 bits per heavy atom. The average Bonchev–Trinajstić information content (AvgIpc) is 2.07. The van der Waals surface area contributed by atoms with E-state index in [1.165, 1.54) is 18.2 Å². The topological polar surface area (TPSA) is 113 Å². The maximum Gasteiger partial charge on any atom is 0.229 e. The Balaban J connectivity index is 3.08. The fraction of sp³-hybridized carbons (Fsp3) is 0.143. The van der Waals surface area contributed by atoms with E-state index in [4.69, 9.17) is 0 Å². The monoisotopic (exact) mass is 266 g/mol. The molecule has 0 bridgehead atoms. The second-order valence-electron chi connectivity index (χ2n) is 2.98. The minimum Gasteiger partial charge on any atom is -0.506 e. The largest absolute Gasteiger partial charge is 0.506 e. The number of hydrogen-bond acceptors (Lipinski definition) is 5. The number of phenols is 1. The molecule has 0 saturated carbocycles. The van der Waals surface area contributed by atoms with Crippen molar-refractivity contribution in [3.05, 3.63) is 18.2 Å². The van der Waals surface area contributed by atoms with E-state index in [1.807, 2.05) is 4.72 Å². The molecule has 0 aliphatic heterocycles. The summed E-state index contributed by atoms with van der Waals surface area (Å²) < 4.78 is 46.7. The lowest BCUT2D eigenvalue weighted by Gasteiger charge is -2.07. The van der Waals surface area contributed by atoms with Crippen LogP contribution < -0.4 is 9.44 Å². The average molecular weight is 266 g/mol. The Morgan fingerprint density at radius 1 is 1.31 bits per heavy atom. The normalized spacial score (nSPS) is 11.4. The van der Waals surface area contributed by atoms with Crippen LogP contribution in [0.2, 0.25) is 0 Å². The predicted molar refractivity (Wildman–Crippen MR) is 60.5 cm³/mol. The maximum atomic E-state index is 10.9. The first kappa shape index (κ1) is 12.6. The Kier molecular flexibility index (Phi) is 3.60. The zero-order chi connectivity index (χ0) is 12.3. The van der Waals surface area contributed by atoms with Crippen LogP contribution in [-0.2, 0) is 20.9 Å². The molecular weight excluding hydrogens is 256 g/mol. The zero-order valence-corrected chi connectivity index (χ0v) is 9.88. The fourth-order valence-corrected chi connectivity index (χ4v) is 1.91. The van der Waals surface area contributed by atoms with Crippen molar-refractivity contribution < 1.29 is 21.9 Å². The number of nitrogens with one attached hydrogen (secondary N) is 2. The second kappa shape index (κ2) is 4.58. The summed E-state index contributed by atoms with van der Waals surface area (Å²) in [6.07, 6.45) is 0.917. The summed E-state index contributed by atoms with van der Waals surface area (Å²) >= 11 is 0. The van der Waals surface area contributed by atoms with Crippen molar-refractivity contribution in [3.63, 3.8) is 0 Å². The summed E-state index contributed by atoms with van der Waals surface area (Å²) in [7, 11) is -6.37. The van der Waals surface area contributed by atoms with Crippen molar-refractivity contribution >= 4 is 32.3 Å². The van der Waals surface area contributed by atoms with E-state index in [2.05, 4.69) is 4.72 Å². The first-order valence-electron chi connectivity index (χ1n) is 4.00. The lowest BCUT2D eigenvalue weighted by Crippen LogP contribution is -2.10. The number of phenolic OH excluding ortho intramolecular Hbond substituents is 1. The highest BCUT2D eigenvalue weighted by atomic mass is 32.2. The minimum atomic E-state index is -3.53. The van der Waals surface area contributed by atoms with E-state index in [9.17, 15) is 21.9 Å². The quantitative estimate of drug-likeness (QED) is 0.339. The molecule has 1 rings (SSSR count). The lowest BCUT2D eigenvalue weighted by molar-refractivity contribution is 0.478. The van der Waals surface area contributed by atoms with Gasteiger partial charge >= 0.3 is 0 Å². The first-order valence-corrected chi connectivity index (χ1v) is 7.07. The van der Waals surface area contributed by atoms with Crippen LogP contribution in [0, 0.1) is 0 Å². The highest BCUT2D eigenvalue weighted by Crippen LogP contribution is 2.27. The molecule has 0 amide bonds. The van der Waals surface area contributed by atoms with E-state index in [0.717, 1.165) is 6.26 Å².